The van der Waals surface area contributed by atoms with Crippen LogP contribution in [0.25, 0.3) is 0 Å². The molecule has 19 heteroatoms. The van der Waals surface area contributed by atoms with Crippen molar-refractivity contribution in [1.29, 1.82) is 0 Å². The van der Waals surface area contributed by atoms with Crippen molar-refractivity contribution >= 4 is 39.5 Å². The van der Waals surface area contributed by atoms with Crippen molar-refractivity contribution in [2.45, 2.75) is 420 Å². The van der Waals surface area contributed by atoms with Crippen LogP contribution in [0.5, 0.6) is 0 Å². The van der Waals surface area contributed by atoms with Gasteiger partial charge in [-0.3, -0.25) is 37.3 Å². The average Bonchev–Trinajstić information content (AvgIpc) is 1.43. The van der Waals surface area contributed by atoms with Gasteiger partial charge in [0.15, 0.2) is 12.2 Å². The van der Waals surface area contributed by atoms with Crippen molar-refractivity contribution in [3.8, 4) is 0 Å². The minimum absolute atomic E-state index is 0.107. The smallest absolute Gasteiger partial charge is 0.462 e. The van der Waals surface area contributed by atoms with E-state index >= 15 is 0 Å². The highest BCUT2D eigenvalue weighted by Gasteiger charge is 2.30. The lowest BCUT2D eigenvalue weighted by Crippen LogP contribution is -2.30. The summed E-state index contributed by atoms with van der Waals surface area (Å²) in [6.45, 7) is 12.0. The highest BCUT2D eigenvalue weighted by molar-refractivity contribution is 7.47. The Morgan fingerprint density at radius 2 is 0.526 bits per heavy atom. The van der Waals surface area contributed by atoms with Crippen molar-refractivity contribution in [2.24, 2.45) is 17.8 Å². The molecule has 17 nitrogen and oxygen atoms in total. The van der Waals surface area contributed by atoms with E-state index in [-0.39, 0.29) is 25.7 Å². The largest absolute Gasteiger partial charge is 0.472 e. The first-order chi connectivity index (χ1) is 46.8. The highest BCUT2D eigenvalue weighted by Crippen LogP contribution is 2.45. The monoisotopic (exact) mass is 1420 g/mol. The standard InChI is InChI=1S/C78H152O17P2/c1-8-11-12-13-14-15-16-17-21-24-31-40-47-54-61-77(82)95-74(66-89-76(81)60-53-46-39-34-33-35-42-49-56-69(4)5)68-93-97(86,87)91-64-72(79)63-90-96(84,85)92-67-73(65-88-75(80)59-52-45-38-30-27-26-29-37-44-51-58-71(7)10-3)94-78(83)62-55-48-41-32-25-22-19-18-20-23-28-36-43-50-57-70(6)9-2/h69-74,79H,8-68H2,1-7H3,(H,84,85)(H,86,87)/t70?,71?,72-,73-,74-/m1/s1. The molecule has 0 aliphatic carbocycles. The lowest BCUT2D eigenvalue weighted by Gasteiger charge is -2.21. The summed E-state index contributed by atoms with van der Waals surface area (Å²) in [5.74, 6) is 0.268. The van der Waals surface area contributed by atoms with Gasteiger partial charge in [0.2, 0.25) is 0 Å². The zero-order valence-electron chi connectivity index (χ0n) is 63.5. The molecule has 0 radical (unpaired) electrons. The molecular formula is C78H152O17P2. The van der Waals surface area contributed by atoms with Gasteiger partial charge in [-0.05, 0) is 43.4 Å². The molecule has 0 fully saturated rings. The molecule has 0 rings (SSSR count). The van der Waals surface area contributed by atoms with Crippen LogP contribution < -0.4 is 0 Å². The molecule has 4 unspecified atom stereocenters. The number of phosphoric ester groups is 2. The number of hydrogen-bond donors (Lipinski definition) is 3. The van der Waals surface area contributed by atoms with Gasteiger partial charge in [-0.2, -0.15) is 0 Å². The van der Waals surface area contributed by atoms with Crippen LogP contribution in [0.4, 0.5) is 0 Å². The fraction of sp³-hybridized carbons (Fsp3) is 0.949. The predicted octanol–water partition coefficient (Wildman–Crippen LogP) is 23.0. The third-order valence-corrected chi connectivity index (χ3v) is 20.8. The molecule has 0 aromatic carbocycles. The van der Waals surface area contributed by atoms with E-state index in [2.05, 4.69) is 48.5 Å². The van der Waals surface area contributed by atoms with Crippen molar-refractivity contribution in [3.63, 3.8) is 0 Å². The first-order valence-electron chi connectivity index (χ1n) is 40.4. The average molecular weight is 1420 g/mol. The summed E-state index contributed by atoms with van der Waals surface area (Å²) >= 11 is 0. The third-order valence-electron chi connectivity index (χ3n) is 18.9. The minimum Gasteiger partial charge on any atom is -0.462 e. The molecule has 0 aliphatic rings. The van der Waals surface area contributed by atoms with E-state index in [0.29, 0.717) is 25.7 Å². The minimum atomic E-state index is -4.96. The third kappa shape index (κ3) is 69.5. The number of aliphatic hydroxyl groups is 1. The summed E-state index contributed by atoms with van der Waals surface area (Å²) in [6.07, 6.45) is 55.3. The maximum Gasteiger partial charge on any atom is 0.472 e. The molecular weight excluding hydrogens is 1270 g/mol. The van der Waals surface area contributed by atoms with Gasteiger partial charge in [-0.15, -0.1) is 0 Å². The van der Waals surface area contributed by atoms with Crippen molar-refractivity contribution in [1.82, 2.24) is 0 Å². The van der Waals surface area contributed by atoms with Crippen LogP contribution in [0, 0.1) is 17.8 Å². The number of ether oxygens (including phenoxy) is 4. The van der Waals surface area contributed by atoms with Crippen LogP contribution in [-0.2, 0) is 65.4 Å². The number of hydrogen-bond acceptors (Lipinski definition) is 15. The van der Waals surface area contributed by atoms with Crippen LogP contribution in [0.1, 0.15) is 402 Å². The number of aliphatic hydroxyl groups excluding tert-OH is 1. The van der Waals surface area contributed by atoms with Gasteiger partial charge >= 0.3 is 39.5 Å². The second kappa shape index (κ2) is 68.5. The Morgan fingerprint density at radius 3 is 0.784 bits per heavy atom. The summed E-state index contributed by atoms with van der Waals surface area (Å²) in [7, 11) is -9.92. The maximum absolute atomic E-state index is 13.1. The number of esters is 4. The summed E-state index contributed by atoms with van der Waals surface area (Å²) in [6, 6.07) is 0. The quantitative estimate of drug-likeness (QED) is 0.0222. The topological polar surface area (TPSA) is 237 Å². The number of carbonyl (C=O) groups excluding carboxylic acids is 4. The first-order valence-corrected chi connectivity index (χ1v) is 43.4. The van der Waals surface area contributed by atoms with E-state index in [4.69, 9.17) is 37.0 Å². The fourth-order valence-electron chi connectivity index (χ4n) is 11.9. The van der Waals surface area contributed by atoms with Crippen LogP contribution in [-0.4, -0.2) is 96.7 Å². The van der Waals surface area contributed by atoms with Crippen molar-refractivity contribution in [2.75, 3.05) is 39.6 Å². The Morgan fingerprint density at radius 1 is 0.299 bits per heavy atom. The second-order valence-electron chi connectivity index (χ2n) is 29.1. The van der Waals surface area contributed by atoms with E-state index in [1.807, 2.05) is 0 Å². The number of rotatable bonds is 76. The van der Waals surface area contributed by atoms with Gasteiger partial charge in [0, 0.05) is 25.7 Å². The van der Waals surface area contributed by atoms with Crippen LogP contribution in [0.3, 0.4) is 0 Å². The SMILES string of the molecule is CCCCCCCCCCCCCCCCC(=O)O[C@H](COC(=O)CCCCCCCCCCC(C)C)COP(=O)(O)OC[C@H](O)COP(=O)(O)OC[C@@H](COC(=O)CCCCCCCCCCCCC(C)CC)OC(=O)CCCCCCCCCCCCCCCCC(C)CC. The highest BCUT2D eigenvalue weighted by atomic mass is 31.2. The Hall–Kier alpha value is -1.94. The molecule has 0 aromatic rings. The number of phosphoric acid groups is 2. The maximum atomic E-state index is 13.1. The molecule has 0 aliphatic heterocycles. The van der Waals surface area contributed by atoms with Crippen LogP contribution in [0.2, 0.25) is 0 Å². The Kier molecular flexibility index (Phi) is 67.1. The van der Waals surface area contributed by atoms with E-state index < -0.39 is 97.5 Å². The second-order valence-corrected chi connectivity index (χ2v) is 32.0. The Labute approximate surface area is 594 Å². The predicted molar refractivity (Wildman–Crippen MR) is 395 cm³/mol. The number of carbonyl (C=O) groups is 4. The molecule has 97 heavy (non-hydrogen) atoms. The normalized spacial score (nSPS) is 14.6. The molecule has 0 bridgehead atoms. The summed E-state index contributed by atoms with van der Waals surface area (Å²) in [5, 5.41) is 10.6. The molecule has 0 aromatic heterocycles. The summed E-state index contributed by atoms with van der Waals surface area (Å²) in [4.78, 5) is 72.9. The van der Waals surface area contributed by atoms with Crippen molar-refractivity contribution in [3.05, 3.63) is 0 Å². The van der Waals surface area contributed by atoms with Gasteiger partial charge in [-0.25, -0.2) is 9.13 Å². The van der Waals surface area contributed by atoms with Crippen LogP contribution >= 0.6 is 15.6 Å². The molecule has 0 amide bonds. The molecule has 0 spiro atoms. The van der Waals surface area contributed by atoms with Gasteiger partial charge in [0.05, 0.1) is 26.4 Å². The van der Waals surface area contributed by atoms with E-state index in [0.717, 1.165) is 108 Å². The van der Waals surface area contributed by atoms with Gasteiger partial charge in [0.1, 0.15) is 19.3 Å². The molecule has 0 saturated carbocycles. The van der Waals surface area contributed by atoms with E-state index in [1.165, 1.54) is 212 Å². The molecule has 576 valence electrons. The van der Waals surface area contributed by atoms with Gasteiger partial charge in [-0.1, -0.05) is 350 Å². The Bertz CT molecular complexity index is 1890. The van der Waals surface area contributed by atoms with Gasteiger partial charge < -0.3 is 33.8 Å². The molecule has 0 saturated heterocycles. The van der Waals surface area contributed by atoms with E-state index in [9.17, 15) is 43.2 Å². The molecule has 0 heterocycles. The lowest BCUT2D eigenvalue weighted by atomic mass is 9.99. The zero-order chi connectivity index (χ0) is 71.6. The molecule has 7 atom stereocenters. The number of unbranched alkanes of at least 4 members (excludes halogenated alkanes) is 42. The zero-order valence-corrected chi connectivity index (χ0v) is 65.3. The lowest BCUT2D eigenvalue weighted by molar-refractivity contribution is -0.161. The van der Waals surface area contributed by atoms with Crippen LogP contribution in [0.15, 0.2) is 0 Å². The van der Waals surface area contributed by atoms with E-state index in [1.54, 1.807) is 0 Å². The fourth-order valence-corrected chi connectivity index (χ4v) is 13.5. The van der Waals surface area contributed by atoms with Crippen molar-refractivity contribution < 1.29 is 80.2 Å². The summed E-state index contributed by atoms with van der Waals surface area (Å²) in [5.41, 5.74) is 0. The summed E-state index contributed by atoms with van der Waals surface area (Å²) < 4.78 is 68.6. The molecule has 3 N–H and O–H groups in total. The van der Waals surface area contributed by atoms with Gasteiger partial charge in [0.25, 0.3) is 0 Å². The first kappa shape index (κ1) is 95.1. The Balaban J connectivity index is 5.26.